The van der Waals surface area contributed by atoms with Gasteiger partial charge in [0.1, 0.15) is 5.75 Å². The molecule has 0 saturated carbocycles. The van der Waals surface area contributed by atoms with Crippen molar-refractivity contribution in [3.63, 3.8) is 0 Å². The second kappa shape index (κ2) is 11.6. The number of phenols is 1. The fourth-order valence-corrected chi connectivity index (χ4v) is 5.07. The minimum absolute atomic E-state index is 0.119. The molecule has 0 aromatic heterocycles. The lowest BCUT2D eigenvalue weighted by Gasteiger charge is -2.33. The Morgan fingerprint density at radius 2 is 1.27 bits per heavy atom. The van der Waals surface area contributed by atoms with Gasteiger partial charge in [0, 0.05) is 29.6 Å². The van der Waals surface area contributed by atoms with Crippen molar-refractivity contribution in [3.8, 4) is 5.75 Å². The van der Waals surface area contributed by atoms with E-state index in [9.17, 15) is 5.11 Å². The monoisotopic (exact) mass is 500 g/mol. The molecule has 0 fully saturated rings. The van der Waals surface area contributed by atoms with E-state index in [-0.39, 0.29) is 10.8 Å². The van der Waals surface area contributed by atoms with Crippen LogP contribution in [0.25, 0.3) is 0 Å². The van der Waals surface area contributed by atoms with Gasteiger partial charge in [-0.2, -0.15) is 0 Å². The Morgan fingerprint density at radius 1 is 0.757 bits per heavy atom. The van der Waals surface area contributed by atoms with Crippen molar-refractivity contribution in [2.45, 2.75) is 92.0 Å². The summed E-state index contributed by atoms with van der Waals surface area (Å²) in [7, 11) is 0. The zero-order valence-corrected chi connectivity index (χ0v) is 24.5. The molecule has 1 unspecified atom stereocenters. The summed E-state index contributed by atoms with van der Waals surface area (Å²) in [5, 5.41) is 14.6. The molecule has 0 spiro atoms. The van der Waals surface area contributed by atoms with Gasteiger partial charge in [0.2, 0.25) is 0 Å². The first-order valence-electron chi connectivity index (χ1n) is 13.8. The summed E-state index contributed by atoms with van der Waals surface area (Å²) in [6.45, 7) is 21.0. The van der Waals surface area contributed by atoms with Crippen molar-refractivity contribution in [2.24, 2.45) is 5.92 Å². The summed E-state index contributed by atoms with van der Waals surface area (Å²) in [5.74, 6) is 1.08. The number of nitrogens with zero attached hydrogens (tertiary/aromatic N) is 1. The molecule has 3 rings (SSSR count). The molecule has 0 aliphatic heterocycles. The van der Waals surface area contributed by atoms with Gasteiger partial charge in [0.05, 0.1) is 0 Å². The molecule has 3 heteroatoms. The third-order valence-corrected chi connectivity index (χ3v) is 7.03. The Kier molecular flexibility index (Phi) is 9.00. The van der Waals surface area contributed by atoms with Crippen molar-refractivity contribution in [3.05, 3.63) is 83.4 Å². The molecule has 3 aromatic carbocycles. The van der Waals surface area contributed by atoms with Gasteiger partial charge in [0.15, 0.2) is 0 Å². The minimum atomic E-state index is -0.119. The maximum absolute atomic E-state index is 11.1. The highest BCUT2D eigenvalue weighted by molar-refractivity contribution is 5.63. The first kappa shape index (κ1) is 28.6. The third kappa shape index (κ3) is 7.77. The number of para-hydroxylation sites is 1. The standard InChI is InChI=1S/C34H48N2O/c1-24(2)21-25(3)36(29-17-15-28(16-18-29)35-27-13-11-10-12-14-27)20-19-26-22-30(33(4,5)6)32(37)31(23-26)34(7,8)9/h10-18,22-25,35,37H,19-21H2,1-9H3. The number of rotatable bonds is 9. The lowest BCUT2D eigenvalue weighted by Crippen LogP contribution is -2.36. The predicted octanol–water partition coefficient (Wildman–Crippen LogP) is 9.21. The summed E-state index contributed by atoms with van der Waals surface area (Å²) < 4.78 is 0. The van der Waals surface area contributed by atoms with Crippen LogP contribution >= 0.6 is 0 Å². The van der Waals surface area contributed by atoms with Gasteiger partial charge in [-0.15, -0.1) is 0 Å². The van der Waals surface area contributed by atoms with Gasteiger partial charge in [-0.3, -0.25) is 0 Å². The maximum Gasteiger partial charge on any atom is 0.123 e. The lowest BCUT2D eigenvalue weighted by molar-refractivity contribution is 0.422. The normalized spacial score (nSPS) is 13.0. The quantitative estimate of drug-likeness (QED) is 0.307. The molecule has 0 saturated heterocycles. The van der Waals surface area contributed by atoms with Gasteiger partial charge >= 0.3 is 0 Å². The van der Waals surface area contributed by atoms with Crippen LogP contribution < -0.4 is 10.2 Å². The molecule has 37 heavy (non-hydrogen) atoms. The Morgan fingerprint density at radius 3 is 1.76 bits per heavy atom. The Balaban J connectivity index is 1.88. The number of hydrogen-bond donors (Lipinski definition) is 2. The minimum Gasteiger partial charge on any atom is -0.507 e. The van der Waals surface area contributed by atoms with Crippen LogP contribution in [0.1, 0.15) is 85.4 Å². The smallest absolute Gasteiger partial charge is 0.123 e. The van der Waals surface area contributed by atoms with E-state index < -0.39 is 0 Å². The maximum atomic E-state index is 11.1. The molecule has 0 bridgehead atoms. The zero-order chi connectivity index (χ0) is 27.4. The fraction of sp³-hybridized carbons (Fsp3) is 0.471. The van der Waals surface area contributed by atoms with Gasteiger partial charge < -0.3 is 15.3 Å². The number of phenolic OH excluding ortho intramolecular Hbond substituents is 1. The van der Waals surface area contributed by atoms with Crippen molar-refractivity contribution >= 4 is 17.1 Å². The van der Waals surface area contributed by atoms with Crippen LogP contribution in [0.3, 0.4) is 0 Å². The molecule has 200 valence electrons. The van der Waals surface area contributed by atoms with Gasteiger partial charge in [-0.1, -0.05) is 85.7 Å². The second-order valence-electron chi connectivity index (χ2n) is 13.0. The highest BCUT2D eigenvalue weighted by atomic mass is 16.3. The van der Waals surface area contributed by atoms with E-state index >= 15 is 0 Å². The van der Waals surface area contributed by atoms with Crippen LogP contribution in [0.2, 0.25) is 0 Å². The fourth-order valence-electron chi connectivity index (χ4n) is 5.07. The summed E-state index contributed by atoms with van der Waals surface area (Å²) >= 11 is 0. The molecule has 3 aromatic rings. The number of aromatic hydroxyl groups is 1. The van der Waals surface area contributed by atoms with E-state index in [0.29, 0.717) is 17.7 Å². The largest absolute Gasteiger partial charge is 0.507 e. The van der Waals surface area contributed by atoms with Gasteiger partial charge in [0.25, 0.3) is 0 Å². The molecule has 0 heterocycles. The summed E-state index contributed by atoms with van der Waals surface area (Å²) in [5.41, 5.74) is 6.56. The molecule has 3 nitrogen and oxygen atoms in total. The molecule has 0 aliphatic carbocycles. The molecule has 1 atom stereocenters. The van der Waals surface area contributed by atoms with Crippen molar-refractivity contribution in [1.29, 1.82) is 0 Å². The Labute approximate surface area is 225 Å². The molecule has 0 radical (unpaired) electrons. The first-order valence-corrected chi connectivity index (χ1v) is 13.8. The van der Waals surface area contributed by atoms with Gasteiger partial charge in [-0.25, -0.2) is 0 Å². The van der Waals surface area contributed by atoms with Crippen LogP contribution in [0.4, 0.5) is 17.1 Å². The number of benzene rings is 3. The number of hydrogen-bond acceptors (Lipinski definition) is 3. The zero-order valence-electron chi connectivity index (χ0n) is 24.5. The van der Waals surface area contributed by atoms with Crippen molar-refractivity contribution in [2.75, 3.05) is 16.8 Å². The molecule has 0 amide bonds. The summed E-state index contributed by atoms with van der Waals surface area (Å²) in [6.07, 6.45) is 2.07. The van der Waals surface area contributed by atoms with E-state index in [4.69, 9.17) is 0 Å². The van der Waals surface area contributed by atoms with Crippen LogP contribution in [0.5, 0.6) is 5.75 Å². The molecule has 2 N–H and O–H groups in total. The molecule has 0 aliphatic rings. The molecular formula is C34H48N2O. The first-order chi connectivity index (χ1) is 17.3. The van der Waals surface area contributed by atoms with E-state index in [0.717, 1.165) is 41.9 Å². The van der Waals surface area contributed by atoms with E-state index in [1.165, 1.54) is 11.3 Å². The molecular weight excluding hydrogens is 452 g/mol. The van der Waals surface area contributed by atoms with Crippen molar-refractivity contribution in [1.82, 2.24) is 0 Å². The number of anilines is 3. The van der Waals surface area contributed by atoms with E-state index in [2.05, 4.69) is 121 Å². The lowest BCUT2D eigenvalue weighted by atomic mass is 9.78. The highest BCUT2D eigenvalue weighted by Gasteiger charge is 2.27. The van der Waals surface area contributed by atoms with E-state index in [1.807, 2.05) is 18.2 Å². The van der Waals surface area contributed by atoms with Gasteiger partial charge in [-0.05, 0) is 89.6 Å². The third-order valence-electron chi connectivity index (χ3n) is 7.03. The van der Waals surface area contributed by atoms with Crippen molar-refractivity contribution < 1.29 is 5.11 Å². The average Bonchev–Trinajstić information content (AvgIpc) is 2.79. The number of nitrogens with one attached hydrogen (secondary N) is 1. The average molecular weight is 501 g/mol. The van der Waals surface area contributed by atoms with Crippen LogP contribution in [0, 0.1) is 5.92 Å². The van der Waals surface area contributed by atoms with Crippen LogP contribution in [0.15, 0.2) is 66.7 Å². The Bertz CT molecular complexity index is 1100. The van der Waals surface area contributed by atoms with Crippen LogP contribution in [-0.2, 0) is 17.3 Å². The van der Waals surface area contributed by atoms with E-state index in [1.54, 1.807) is 0 Å². The summed E-state index contributed by atoms with van der Waals surface area (Å²) in [4.78, 5) is 2.55. The predicted molar refractivity (Wildman–Crippen MR) is 162 cm³/mol. The topological polar surface area (TPSA) is 35.5 Å². The summed E-state index contributed by atoms with van der Waals surface area (Å²) in [6, 6.07) is 24.0. The SMILES string of the molecule is CC(C)CC(C)N(CCc1cc(C(C)(C)C)c(O)c(C(C)(C)C)c1)c1ccc(Nc2ccccc2)cc1. The van der Waals surface area contributed by atoms with Crippen LogP contribution in [-0.4, -0.2) is 17.7 Å². The second-order valence-corrected chi connectivity index (χ2v) is 13.0. The highest BCUT2D eigenvalue weighted by Crippen LogP contribution is 2.40. The Hall–Kier alpha value is -2.94.